The van der Waals surface area contributed by atoms with E-state index in [1.165, 1.54) is 0 Å². The van der Waals surface area contributed by atoms with Crippen molar-refractivity contribution in [2.75, 3.05) is 0 Å². The number of nitrogens with zero attached hydrogens (tertiary/aromatic N) is 1. The van der Waals surface area contributed by atoms with Crippen LogP contribution in [-0.2, 0) is 14.4 Å². The van der Waals surface area contributed by atoms with E-state index in [1.807, 2.05) is 26.0 Å². The Hall–Kier alpha value is -1.65. The van der Waals surface area contributed by atoms with Crippen molar-refractivity contribution < 1.29 is 19.5 Å². The van der Waals surface area contributed by atoms with Crippen molar-refractivity contribution in [3.05, 3.63) is 12.2 Å². The quantitative estimate of drug-likeness (QED) is 0.620. The first-order chi connectivity index (χ1) is 9.41. The molecule has 3 rings (SSSR count). The Balaban J connectivity index is 1.90. The maximum atomic E-state index is 12.5. The van der Waals surface area contributed by atoms with Crippen LogP contribution in [0.2, 0.25) is 0 Å². The van der Waals surface area contributed by atoms with Crippen LogP contribution >= 0.6 is 0 Å². The van der Waals surface area contributed by atoms with Crippen LogP contribution in [0.1, 0.15) is 26.7 Å². The van der Waals surface area contributed by atoms with E-state index in [0.717, 1.165) is 11.3 Å². The van der Waals surface area contributed by atoms with Gasteiger partial charge in [-0.25, -0.2) is 4.79 Å². The summed E-state index contributed by atoms with van der Waals surface area (Å²) in [4.78, 5) is 37.5. The smallest absolute Gasteiger partial charge is 0.326 e. The molecule has 0 unspecified atom stereocenters. The second kappa shape index (κ2) is 4.43. The first kappa shape index (κ1) is 13.3. The molecule has 1 aliphatic heterocycles. The molecular weight excluding hydrogens is 258 g/mol. The van der Waals surface area contributed by atoms with Crippen molar-refractivity contribution in [2.45, 2.75) is 32.7 Å². The third kappa shape index (κ3) is 1.72. The highest BCUT2D eigenvalue weighted by atomic mass is 16.4. The minimum atomic E-state index is -1.08. The number of aliphatic carboxylic acids is 1. The van der Waals surface area contributed by atoms with Gasteiger partial charge in [-0.05, 0) is 30.6 Å². The molecule has 0 aromatic rings. The fraction of sp³-hybridized carbons (Fsp3) is 0.667. The second-order valence-corrected chi connectivity index (χ2v) is 6.53. The van der Waals surface area contributed by atoms with Crippen LogP contribution in [-0.4, -0.2) is 33.8 Å². The van der Waals surface area contributed by atoms with Crippen LogP contribution in [0.5, 0.6) is 0 Å². The summed E-state index contributed by atoms with van der Waals surface area (Å²) in [5.74, 6) is -1.89. The van der Waals surface area contributed by atoms with E-state index in [4.69, 9.17) is 0 Å². The molecule has 2 amide bonds. The number of likely N-dealkylation sites (tertiary alicyclic amines) is 1. The number of carboxylic acid groups (broad SMARTS) is 1. The first-order valence-electron chi connectivity index (χ1n) is 7.20. The molecule has 5 atom stereocenters. The van der Waals surface area contributed by atoms with Crippen molar-refractivity contribution in [2.24, 2.45) is 29.6 Å². The van der Waals surface area contributed by atoms with Gasteiger partial charge in [0.1, 0.15) is 6.04 Å². The van der Waals surface area contributed by atoms with E-state index in [0.29, 0.717) is 6.42 Å². The number of hydrogen-bond donors (Lipinski definition) is 1. The third-order valence-electron chi connectivity index (χ3n) is 4.80. The molecule has 0 aromatic heterocycles. The molecule has 2 aliphatic carbocycles. The summed E-state index contributed by atoms with van der Waals surface area (Å²) in [6.07, 6.45) is 5.20. The zero-order chi connectivity index (χ0) is 14.6. The molecule has 1 heterocycles. The van der Waals surface area contributed by atoms with E-state index >= 15 is 0 Å². The second-order valence-electron chi connectivity index (χ2n) is 6.53. The molecule has 5 heteroatoms. The van der Waals surface area contributed by atoms with Gasteiger partial charge >= 0.3 is 5.97 Å². The average Bonchev–Trinajstić information content (AvgIpc) is 3.01. The Morgan fingerprint density at radius 1 is 1.25 bits per heavy atom. The minimum Gasteiger partial charge on any atom is -0.480 e. The molecule has 20 heavy (non-hydrogen) atoms. The SMILES string of the molecule is CC(C)C[C@@H](C(=O)O)N1C(=O)[C@@H]2[C@@H](C1=O)[C@H]1C=C[C@@H]2C1. The molecule has 1 saturated heterocycles. The van der Waals surface area contributed by atoms with Gasteiger partial charge in [-0.1, -0.05) is 26.0 Å². The lowest BCUT2D eigenvalue weighted by atomic mass is 9.85. The minimum absolute atomic E-state index is 0.118. The van der Waals surface area contributed by atoms with Crippen LogP contribution in [0, 0.1) is 29.6 Å². The van der Waals surface area contributed by atoms with Crippen LogP contribution in [0.3, 0.4) is 0 Å². The standard InChI is InChI=1S/C15H19NO4/c1-7(2)5-10(15(19)20)16-13(17)11-8-3-4-9(6-8)12(11)14(16)18/h3-4,7-12H,5-6H2,1-2H3,(H,19,20)/t8-,9+,10-,11-,12-/m0/s1. The van der Waals surface area contributed by atoms with Crippen molar-refractivity contribution in [3.8, 4) is 0 Å². The monoisotopic (exact) mass is 277 g/mol. The zero-order valence-electron chi connectivity index (χ0n) is 11.7. The number of rotatable bonds is 4. The normalized spacial score (nSPS) is 36.0. The predicted molar refractivity (Wildman–Crippen MR) is 70.4 cm³/mol. The molecule has 1 N–H and O–H groups in total. The van der Waals surface area contributed by atoms with Gasteiger partial charge in [0.15, 0.2) is 0 Å². The lowest BCUT2D eigenvalue weighted by molar-refractivity contribution is -0.156. The molecule has 2 fully saturated rings. The van der Waals surface area contributed by atoms with E-state index in [1.54, 1.807) is 0 Å². The van der Waals surface area contributed by atoms with E-state index in [-0.39, 0.29) is 41.4 Å². The average molecular weight is 277 g/mol. The molecule has 0 aromatic carbocycles. The molecule has 2 bridgehead atoms. The highest BCUT2D eigenvalue weighted by Crippen LogP contribution is 2.53. The Kier molecular flexibility index (Phi) is 2.96. The number of allylic oxidation sites excluding steroid dienone is 2. The highest BCUT2D eigenvalue weighted by molar-refractivity contribution is 6.08. The number of amides is 2. The molecular formula is C15H19NO4. The predicted octanol–water partition coefficient (Wildman–Crippen LogP) is 1.29. The van der Waals surface area contributed by atoms with Crippen molar-refractivity contribution >= 4 is 17.8 Å². The fourth-order valence-corrected chi connectivity index (χ4v) is 4.00. The topological polar surface area (TPSA) is 74.7 Å². The Morgan fingerprint density at radius 2 is 1.75 bits per heavy atom. The molecule has 0 spiro atoms. The van der Waals surface area contributed by atoms with Crippen molar-refractivity contribution in [1.82, 2.24) is 4.90 Å². The number of carbonyl (C=O) groups excluding carboxylic acids is 2. The fourth-order valence-electron chi connectivity index (χ4n) is 4.00. The van der Waals surface area contributed by atoms with Gasteiger partial charge < -0.3 is 5.11 Å². The van der Waals surface area contributed by atoms with Crippen LogP contribution in [0.25, 0.3) is 0 Å². The molecule has 1 saturated carbocycles. The number of fused-ring (bicyclic) bond motifs is 5. The van der Waals surface area contributed by atoms with E-state index in [9.17, 15) is 19.5 Å². The van der Waals surface area contributed by atoms with Gasteiger partial charge in [0.05, 0.1) is 11.8 Å². The maximum Gasteiger partial charge on any atom is 0.326 e. The van der Waals surface area contributed by atoms with Gasteiger partial charge in [0, 0.05) is 0 Å². The summed E-state index contributed by atoms with van der Waals surface area (Å²) in [5, 5.41) is 9.37. The summed E-state index contributed by atoms with van der Waals surface area (Å²) >= 11 is 0. The Morgan fingerprint density at radius 3 is 2.15 bits per heavy atom. The largest absolute Gasteiger partial charge is 0.480 e. The summed E-state index contributed by atoms with van der Waals surface area (Å²) in [5.41, 5.74) is 0. The lowest BCUT2D eigenvalue weighted by Crippen LogP contribution is -2.47. The zero-order valence-corrected chi connectivity index (χ0v) is 11.7. The molecule has 3 aliphatic rings. The summed E-state index contributed by atoms with van der Waals surface area (Å²) in [6.45, 7) is 3.79. The summed E-state index contributed by atoms with van der Waals surface area (Å²) < 4.78 is 0. The summed E-state index contributed by atoms with van der Waals surface area (Å²) in [7, 11) is 0. The van der Waals surface area contributed by atoms with Gasteiger partial charge in [-0.15, -0.1) is 0 Å². The van der Waals surface area contributed by atoms with Gasteiger partial charge in [0.25, 0.3) is 0 Å². The lowest BCUT2D eigenvalue weighted by Gasteiger charge is -2.25. The number of carboxylic acids is 1. The van der Waals surface area contributed by atoms with Crippen molar-refractivity contribution in [1.29, 1.82) is 0 Å². The summed E-state index contributed by atoms with van der Waals surface area (Å²) in [6, 6.07) is -1.01. The van der Waals surface area contributed by atoms with Gasteiger partial charge in [-0.2, -0.15) is 0 Å². The maximum absolute atomic E-state index is 12.5. The van der Waals surface area contributed by atoms with Gasteiger partial charge in [0.2, 0.25) is 11.8 Å². The molecule has 5 nitrogen and oxygen atoms in total. The Bertz CT molecular complexity index is 480. The van der Waals surface area contributed by atoms with E-state index in [2.05, 4.69) is 0 Å². The van der Waals surface area contributed by atoms with Gasteiger partial charge in [-0.3, -0.25) is 14.5 Å². The third-order valence-corrected chi connectivity index (χ3v) is 4.80. The highest BCUT2D eigenvalue weighted by Gasteiger charge is 2.61. The van der Waals surface area contributed by atoms with Crippen LogP contribution < -0.4 is 0 Å². The number of imide groups is 1. The van der Waals surface area contributed by atoms with Crippen LogP contribution in [0.4, 0.5) is 0 Å². The van der Waals surface area contributed by atoms with Crippen LogP contribution in [0.15, 0.2) is 12.2 Å². The number of carbonyl (C=O) groups is 3. The Labute approximate surface area is 117 Å². The first-order valence-corrected chi connectivity index (χ1v) is 7.20. The molecule has 108 valence electrons. The van der Waals surface area contributed by atoms with E-state index < -0.39 is 12.0 Å². The molecule has 0 radical (unpaired) electrons. The number of hydrogen-bond acceptors (Lipinski definition) is 3. The van der Waals surface area contributed by atoms with Crippen molar-refractivity contribution in [3.63, 3.8) is 0 Å².